The third kappa shape index (κ3) is 3.40. The summed E-state index contributed by atoms with van der Waals surface area (Å²) in [6.07, 6.45) is 0.941. The van der Waals surface area contributed by atoms with Crippen molar-refractivity contribution in [2.24, 2.45) is 0 Å². The molecule has 0 aliphatic carbocycles. The van der Waals surface area contributed by atoms with Crippen molar-refractivity contribution in [1.82, 2.24) is 15.1 Å². The maximum atomic E-state index is 5.61. The molecular weight excluding hydrogens is 330 g/mol. The Morgan fingerprint density at radius 3 is 2.62 bits per heavy atom. The van der Waals surface area contributed by atoms with Gasteiger partial charge in [-0.2, -0.15) is 5.10 Å². The van der Waals surface area contributed by atoms with Crippen LogP contribution < -0.4 is 5.32 Å². The van der Waals surface area contributed by atoms with Crippen molar-refractivity contribution < 1.29 is 4.42 Å². The van der Waals surface area contributed by atoms with Crippen molar-refractivity contribution in [3.05, 3.63) is 39.0 Å². The first-order valence-electron chi connectivity index (χ1n) is 7.52. The molecule has 5 heteroatoms. The van der Waals surface area contributed by atoms with Crippen molar-refractivity contribution in [2.75, 3.05) is 0 Å². The van der Waals surface area contributed by atoms with Crippen molar-refractivity contribution in [2.45, 2.75) is 60.2 Å². The molecule has 0 aliphatic heterocycles. The molecule has 2 aromatic rings. The van der Waals surface area contributed by atoms with Crippen molar-refractivity contribution in [3.8, 4) is 0 Å². The maximum Gasteiger partial charge on any atom is 0.105 e. The normalized spacial score (nSPS) is 12.9. The standard InChI is InChI=1S/C16H24BrN3O/c1-6-14-16(17)15(20(7-2)19-14)9-18-11(4)13-8-10(3)21-12(13)5/h8,11,18H,6-7,9H2,1-5H3. The molecule has 0 radical (unpaired) electrons. The summed E-state index contributed by atoms with van der Waals surface area (Å²) < 4.78 is 8.81. The molecule has 116 valence electrons. The van der Waals surface area contributed by atoms with Gasteiger partial charge in [-0.15, -0.1) is 0 Å². The molecule has 0 aromatic carbocycles. The third-order valence-electron chi connectivity index (χ3n) is 3.82. The SMILES string of the molecule is CCc1nn(CC)c(CNC(C)c2cc(C)oc2C)c1Br. The van der Waals surface area contributed by atoms with Gasteiger partial charge in [0.1, 0.15) is 11.5 Å². The summed E-state index contributed by atoms with van der Waals surface area (Å²) in [4.78, 5) is 0. The van der Waals surface area contributed by atoms with Crippen molar-refractivity contribution >= 4 is 15.9 Å². The summed E-state index contributed by atoms with van der Waals surface area (Å²) in [6.45, 7) is 12.1. The Morgan fingerprint density at radius 2 is 2.10 bits per heavy atom. The van der Waals surface area contributed by atoms with Crippen LogP contribution in [0.4, 0.5) is 0 Å². The topological polar surface area (TPSA) is 43.0 Å². The van der Waals surface area contributed by atoms with E-state index in [0.29, 0.717) is 0 Å². The number of halogens is 1. The van der Waals surface area contributed by atoms with Crippen LogP contribution in [0.25, 0.3) is 0 Å². The van der Waals surface area contributed by atoms with Gasteiger partial charge in [-0.25, -0.2) is 0 Å². The largest absolute Gasteiger partial charge is 0.466 e. The molecule has 1 unspecified atom stereocenters. The monoisotopic (exact) mass is 353 g/mol. The molecule has 4 nitrogen and oxygen atoms in total. The van der Waals surface area contributed by atoms with Crippen molar-refractivity contribution in [1.29, 1.82) is 0 Å². The van der Waals surface area contributed by atoms with Crippen LogP contribution in [0, 0.1) is 13.8 Å². The smallest absolute Gasteiger partial charge is 0.105 e. The Hall–Kier alpha value is -1.07. The van der Waals surface area contributed by atoms with Gasteiger partial charge in [-0.05, 0) is 56.1 Å². The molecule has 0 aliphatic rings. The molecule has 2 heterocycles. The summed E-state index contributed by atoms with van der Waals surface area (Å²) in [5.41, 5.74) is 3.55. The van der Waals surface area contributed by atoms with E-state index in [2.05, 4.69) is 57.9 Å². The molecular formula is C16H24BrN3O. The Bertz CT molecular complexity index is 615. The van der Waals surface area contributed by atoms with Crippen LogP contribution in [0.5, 0.6) is 0 Å². The molecule has 2 rings (SSSR count). The number of nitrogens with zero attached hydrogens (tertiary/aromatic N) is 2. The first kappa shape index (κ1) is 16.3. The number of aryl methyl sites for hydroxylation is 4. The van der Waals surface area contributed by atoms with Crippen molar-refractivity contribution in [3.63, 3.8) is 0 Å². The highest BCUT2D eigenvalue weighted by Crippen LogP contribution is 2.25. The number of hydrogen-bond donors (Lipinski definition) is 1. The molecule has 0 amide bonds. The predicted octanol–water partition coefficient (Wildman–Crippen LogP) is 4.29. The van der Waals surface area contributed by atoms with Gasteiger partial charge in [0.2, 0.25) is 0 Å². The van der Waals surface area contributed by atoms with Gasteiger partial charge in [-0.3, -0.25) is 4.68 Å². The lowest BCUT2D eigenvalue weighted by Gasteiger charge is -2.14. The van der Waals surface area contributed by atoms with E-state index in [1.54, 1.807) is 0 Å². The summed E-state index contributed by atoms with van der Waals surface area (Å²) >= 11 is 3.69. The fourth-order valence-electron chi connectivity index (χ4n) is 2.63. The van der Waals surface area contributed by atoms with Crippen LogP contribution in [0.1, 0.15) is 55.3 Å². The summed E-state index contributed by atoms with van der Waals surface area (Å²) in [5.74, 6) is 1.95. The summed E-state index contributed by atoms with van der Waals surface area (Å²) in [6, 6.07) is 2.36. The van der Waals surface area contributed by atoms with Crippen LogP contribution >= 0.6 is 15.9 Å². The number of hydrogen-bond acceptors (Lipinski definition) is 3. The van der Waals surface area contributed by atoms with Crippen LogP contribution in [-0.2, 0) is 19.5 Å². The first-order chi connectivity index (χ1) is 9.97. The number of aromatic nitrogens is 2. The minimum absolute atomic E-state index is 0.250. The molecule has 0 fully saturated rings. The molecule has 0 saturated carbocycles. The molecule has 0 bridgehead atoms. The minimum Gasteiger partial charge on any atom is -0.466 e. The van der Waals surface area contributed by atoms with Crippen LogP contribution in [0.15, 0.2) is 15.0 Å². The van der Waals surface area contributed by atoms with E-state index in [1.165, 1.54) is 11.3 Å². The van der Waals surface area contributed by atoms with E-state index < -0.39 is 0 Å². The van der Waals surface area contributed by atoms with E-state index >= 15 is 0 Å². The second-order valence-corrected chi connectivity index (χ2v) is 6.14. The molecule has 0 saturated heterocycles. The van der Waals surface area contributed by atoms with E-state index in [0.717, 1.165) is 41.2 Å². The van der Waals surface area contributed by atoms with Gasteiger partial charge < -0.3 is 9.73 Å². The second kappa shape index (κ2) is 6.79. The van der Waals surface area contributed by atoms with Gasteiger partial charge in [-0.1, -0.05) is 6.92 Å². The Labute approximate surface area is 135 Å². The summed E-state index contributed by atoms with van der Waals surface area (Å²) in [7, 11) is 0. The lowest BCUT2D eigenvalue weighted by atomic mass is 10.1. The lowest BCUT2D eigenvalue weighted by Crippen LogP contribution is -2.20. The average Bonchev–Trinajstić information content (AvgIpc) is 2.95. The van der Waals surface area contributed by atoms with Gasteiger partial charge in [0.05, 0.1) is 15.9 Å². The number of rotatable bonds is 6. The lowest BCUT2D eigenvalue weighted by molar-refractivity contribution is 0.485. The quantitative estimate of drug-likeness (QED) is 0.842. The molecule has 0 spiro atoms. The summed E-state index contributed by atoms with van der Waals surface area (Å²) in [5, 5.41) is 8.20. The first-order valence-corrected chi connectivity index (χ1v) is 8.31. The minimum atomic E-state index is 0.250. The van der Waals surface area contributed by atoms with Crippen LogP contribution in [0.2, 0.25) is 0 Å². The molecule has 1 N–H and O–H groups in total. The highest BCUT2D eigenvalue weighted by atomic mass is 79.9. The molecule has 21 heavy (non-hydrogen) atoms. The highest BCUT2D eigenvalue weighted by Gasteiger charge is 2.16. The van der Waals surface area contributed by atoms with Gasteiger partial charge in [0, 0.05) is 24.7 Å². The fraction of sp³-hybridized carbons (Fsp3) is 0.562. The Kier molecular flexibility index (Phi) is 5.27. The zero-order chi connectivity index (χ0) is 15.6. The zero-order valence-electron chi connectivity index (χ0n) is 13.5. The Balaban J connectivity index is 2.12. The predicted molar refractivity (Wildman–Crippen MR) is 88.4 cm³/mol. The number of nitrogens with one attached hydrogen (secondary N) is 1. The van der Waals surface area contributed by atoms with Crippen LogP contribution in [0.3, 0.4) is 0 Å². The van der Waals surface area contributed by atoms with E-state index in [1.807, 2.05) is 13.8 Å². The average molecular weight is 354 g/mol. The van der Waals surface area contributed by atoms with Gasteiger partial charge in [0.15, 0.2) is 0 Å². The number of furan rings is 1. The third-order valence-corrected chi connectivity index (χ3v) is 4.73. The van der Waals surface area contributed by atoms with Gasteiger partial charge >= 0.3 is 0 Å². The molecule has 2 aromatic heterocycles. The Morgan fingerprint density at radius 1 is 1.38 bits per heavy atom. The van der Waals surface area contributed by atoms with E-state index in [9.17, 15) is 0 Å². The second-order valence-electron chi connectivity index (χ2n) is 5.35. The van der Waals surface area contributed by atoms with Crippen LogP contribution in [-0.4, -0.2) is 9.78 Å². The maximum absolute atomic E-state index is 5.61. The van der Waals surface area contributed by atoms with E-state index in [4.69, 9.17) is 4.42 Å². The fourth-order valence-corrected chi connectivity index (χ4v) is 3.33. The molecule has 1 atom stereocenters. The van der Waals surface area contributed by atoms with E-state index in [-0.39, 0.29) is 6.04 Å². The van der Waals surface area contributed by atoms with Gasteiger partial charge in [0.25, 0.3) is 0 Å². The zero-order valence-corrected chi connectivity index (χ0v) is 15.0. The highest BCUT2D eigenvalue weighted by molar-refractivity contribution is 9.10.